The number of hydrogen-bond donors (Lipinski definition) is 3. The van der Waals surface area contributed by atoms with Gasteiger partial charge in [-0.3, -0.25) is 9.59 Å². The van der Waals surface area contributed by atoms with Gasteiger partial charge in [-0.1, -0.05) is 19.3 Å². The minimum atomic E-state index is -0.306. The molecule has 0 aromatic carbocycles. The van der Waals surface area contributed by atoms with Crippen molar-refractivity contribution in [2.45, 2.75) is 75.4 Å². The summed E-state index contributed by atoms with van der Waals surface area (Å²) in [5.41, 5.74) is 0.257. The fraction of sp³-hybridized carbons (Fsp3) is 0.867. The Bertz CT molecular complexity index is 385. The van der Waals surface area contributed by atoms with Crippen LogP contribution >= 0.6 is 0 Å². The van der Waals surface area contributed by atoms with Crippen molar-refractivity contribution in [3.05, 3.63) is 0 Å². The molecule has 5 heteroatoms. The standard InChI is InChI=1S/C15H25N3O2/c19-13-5-4-12(18-13)14(20)17-11-6-9-16-15(10-11)7-2-1-3-8-15/h11-12,16H,1-10H2,(H,17,20)(H,18,19)/t11?,12-/m0/s1. The lowest BCUT2D eigenvalue weighted by Gasteiger charge is -2.45. The Morgan fingerprint density at radius 3 is 2.70 bits per heavy atom. The van der Waals surface area contributed by atoms with E-state index in [1.165, 1.54) is 32.1 Å². The second-order valence-corrected chi connectivity index (χ2v) is 6.62. The van der Waals surface area contributed by atoms with Crippen LogP contribution in [0.1, 0.15) is 57.8 Å². The largest absolute Gasteiger partial charge is 0.351 e. The summed E-state index contributed by atoms with van der Waals surface area (Å²) in [4.78, 5) is 23.4. The Labute approximate surface area is 120 Å². The first-order valence-electron chi connectivity index (χ1n) is 8.02. The molecule has 2 amide bonds. The van der Waals surface area contributed by atoms with Crippen LogP contribution < -0.4 is 16.0 Å². The second-order valence-electron chi connectivity index (χ2n) is 6.62. The van der Waals surface area contributed by atoms with Gasteiger partial charge in [0.25, 0.3) is 0 Å². The molecule has 3 aliphatic rings. The molecule has 5 nitrogen and oxygen atoms in total. The van der Waals surface area contributed by atoms with Gasteiger partial charge in [0.05, 0.1) is 0 Å². The molecule has 0 aromatic heterocycles. The topological polar surface area (TPSA) is 70.2 Å². The van der Waals surface area contributed by atoms with Gasteiger partial charge in [-0.15, -0.1) is 0 Å². The quantitative estimate of drug-likeness (QED) is 0.701. The smallest absolute Gasteiger partial charge is 0.242 e. The fourth-order valence-electron chi connectivity index (χ4n) is 4.00. The molecule has 20 heavy (non-hydrogen) atoms. The first-order chi connectivity index (χ1) is 9.67. The Kier molecular flexibility index (Phi) is 3.96. The van der Waals surface area contributed by atoms with E-state index in [4.69, 9.17) is 0 Å². The van der Waals surface area contributed by atoms with E-state index in [1.807, 2.05) is 0 Å². The molecule has 0 aromatic rings. The molecule has 3 fully saturated rings. The zero-order valence-corrected chi connectivity index (χ0v) is 12.0. The summed E-state index contributed by atoms with van der Waals surface area (Å²) in [7, 11) is 0. The van der Waals surface area contributed by atoms with Gasteiger partial charge in [-0.2, -0.15) is 0 Å². The van der Waals surface area contributed by atoms with Crippen LogP contribution in [0, 0.1) is 0 Å². The molecule has 112 valence electrons. The van der Waals surface area contributed by atoms with Gasteiger partial charge in [0.15, 0.2) is 0 Å². The molecule has 2 saturated heterocycles. The minimum Gasteiger partial charge on any atom is -0.351 e. The van der Waals surface area contributed by atoms with Crippen molar-refractivity contribution in [3.63, 3.8) is 0 Å². The monoisotopic (exact) mass is 279 g/mol. The Balaban J connectivity index is 1.54. The molecule has 3 rings (SSSR count). The van der Waals surface area contributed by atoms with E-state index in [1.54, 1.807) is 0 Å². The van der Waals surface area contributed by atoms with Gasteiger partial charge in [-0.25, -0.2) is 0 Å². The average molecular weight is 279 g/mol. The summed E-state index contributed by atoms with van der Waals surface area (Å²) in [6, 6.07) is -0.0426. The Morgan fingerprint density at radius 1 is 1.20 bits per heavy atom. The van der Waals surface area contributed by atoms with Crippen molar-refractivity contribution >= 4 is 11.8 Å². The third kappa shape index (κ3) is 2.97. The van der Waals surface area contributed by atoms with Gasteiger partial charge < -0.3 is 16.0 Å². The third-order valence-corrected chi connectivity index (χ3v) is 5.10. The first-order valence-corrected chi connectivity index (χ1v) is 8.02. The van der Waals surface area contributed by atoms with Gasteiger partial charge in [0.2, 0.25) is 11.8 Å². The zero-order chi connectivity index (χ0) is 14.0. The molecule has 3 N–H and O–H groups in total. The van der Waals surface area contributed by atoms with Crippen LogP contribution in [0.25, 0.3) is 0 Å². The van der Waals surface area contributed by atoms with Gasteiger partial charge >= 0.3 is 0 Å². The highest BCUT2D eigenvalue weighted by Crippen LogP contribution is 2.34. The lowest BCUT2D eigenvalue weighted by molar-refractivity contribution is -0.126. The Morgan fingerprint density at radius 2 is 2.00 bits per heavy atom. The van der Waals surface area contributed by atoms with Crippen molar-refractivity contribution < 1.29 is 9.59 Å². The molecular formula is C15H25N3O2. The number of carbonyl (C=O) groups excluding carboxylic acids is 2. The second kappa shape index (κ2) is 5.72. The SMILES string of the molecule is O=C1CC[C@@H](C(=O)NC2CCNC3(CCCCC3)C2)N1. The molecule has 1 aliphatic carbocycles. The van der Waals surface area contributed by atoms with Crippen LogP contribution in [0.4, 0.5) is 0 Å². The van der Waals surface area contributed by atoms with E-state index in [0.717, 1.165) is 19.4 Å². The van der Waals surface area contributed by atoms with E-state index < -0.39 is 0 Å². The van der Waals surface area contributed by atoms with Crippen LogP contribution in [-0.2, 0) is 9.59 Å². The van der Waals surface area contributed by atoms with Crippen LogP contribution in [-0.4, -0.2) is 36.0 Å². The molecule has 2 heterocycles. The number of piperidine rings is 1. The van der Waals surface area contributed by atoms with Crippen molar-refractivity contribution in [3.8, 4) is 0 Å². The Hall–Kier alpha value is -1.10. The molecule has 1 spiro atoms. The van der Waals surface area contributed by atoms with Crippen molar-refractivity contribution in [1.29, 1.82) is 0 Å². The van der Waals surface area contributed by atoms with Crippen LogP contribution in [0.3, 0.4) is 0 Å². The van der Waals surface area contributed by atoms with Crippen LogP contribution in [0.2, 0.25) is 0 Å². The van der Waals surface area contributed by atoms with E-state index >= 15 is 0 Å². The van der Waals surface area contributed by atoms with Crippen molar-refractivity contribution in [1.82, 2.24) is 16.0 Å². The van der Waals surface area contributed by atoms with Crippen LogP contribution in [0.5, 0.6) is 0 Å². The highest BCUT2D eigenvalue weighted by Gasteiger charge is 2.38. The summed E-state index contributed by atoms with van der Waals surface area (Å²) in [6.45, 7) is 0.988. The summed E-state index contributed by atoms with van der Waals surface area (Å²) in [5, 5.41) is 9.60. The van der Waals surface area contributed by atoms with Crippen molar-refractivity contribution in [2.24, 2.45) is 0 Å². The summed E-state index contributed by atoms with van der Waals surface area (Å²) < 4.78 is 0. The minimum absolute atomic E-state index is 0.000730. The predicted octanol–water partition coefficient (Wildman–Crippen LogP) is 0.836. The zero-order valence-electron chi connectivity index (χ0n) is 12.0. The number of rotatable bonds is 2. The average Bonchev–Trinajstić information content (AvgIpc) is 2.86. The van der Waals surface area contributed by atoms with Gasteiger partial charge in [0, 0.05) is 18.0 Å². The molecule has 1 unspecified atom stereocenters. The lowest BCUT2D eigenvalue weighted by Crippen LogP contribution is -2.58. The van der Waals surface area contributed by atoms with Crippen molar-refractivity contribution in [2.75, 3.05) is 6.54 Å². The number of carbonyl (C=O) groups is 2. The molecular weight excluding hydrogens is 254 g/mol. The summed E-state index contributed by atoms with van der Waals surface area (Å²) in [5.74, 6) is 0.00733. The third-order valence-electron chi connectivity index (χ3n) is 5.10. The summed E-state index contributed by atoms with van der Waals surface area (Å²) >= 11 is 0. The molecule has 2 atom stereocenters. The molecule has 0 radical (unpaired) electrons. The molecule has 0 bridgehead atoms. The number of nitrogens with one attached hydrogen (secondary N) is 3. The van der Waals surface area contributed by atoms with E-state index in [9.17, 15) is 9.59 Å². The fourth-order valence-corrected chi connectivity index (χ4v) is 4.00. The predicted molar refractivity (Wildman–Crippen MR) is 76.1 cm³/mol. The maximum Gasteiger partial charge on any atom is 0.242 e. The van der Waals surface area contributed by atoms with E-state index in [-0.39, 0.29) is 29.4 Å². The van der Waals surface area contributed by atoms with Gasteiger partial charge in [0.1, 0.15) is 6.04 Å². The first kappa shape index (κ1) is 13.9. The molecule has 1 saturated carbocycles. The highest BCUT2D eigenvalue weighted by atomic mass is 16.2. The van der Waals surface area contributed by atoms with E-state index in [2.05, 4.69) is 16.0 Å². The maximum atomic E-state index is 12.2. The normalized spacial score (nSPS) is 32.9. The maximum absolute atomic E-state index is 12.2. The number of amides is 2. The number of hydrogen-bond acceptors (Lipinski definition) is 3. The highest BCUT2D eigenvalue weighted by molar-refractivity contribution is 5.90. The summed E-state index contributed by atoms with van der Waals surface area (Å²) in [6.07, 6.45) is 9.56. The lowest BCUT2D eigenvalue weighted by atomic mass is 9.75. The van der Waals surface area contributed by atoms with Gasteiger partial charge in [-0.05, 0) is 38.6 Å². The van der Waals surface area contributed by atoms with E-state index in [0.29, 0.717) is 12.8 Å². The van der Waals surface area contributed by atoms with Crippen LogP contribution in [0.15, 0.2) is 0 Å². The molecule has 2 aliphatic heterocycles.